The zero-order valence-corrected chi connectivity index (χ0v) is 15.6. The van der Waals surface area contributed by atoms with Gasteiger partial charge < -0.3 is 4.90 Å². The first kappa shape index (κ1) is 18.3. The van der Waals surface area contributed by atoms with Crippen LogP contribution in [0.5, 0.6) is 0 Å². The minimum Gasteiger partial charge on any atom is -0.308 e. The maximum Gasteiger partial charge on any atom is 0.288 e. The van der Waals surface area contributed by atoms with Gasteiger partial charge in [0.2, 0.25) is 0 Å². The zero-order chi connectivity index (χ0) is 18.5. The number of halogens is 1. The van der Waals surface area contributed by atoms with E-state index in [1.54, 1.807) is 6.07 Å². The van der Waals surface area contributed by atoms with Gasteiger partial charge in [0.25, 0.3) is 5.56 Å². The lowest BCUT2D eigenvalue weighted by molar-refractivity contribution is 0.366. The summed E-state index contributed by atoms with van der Waals surface area (Å²) in [5.41, 5.74) is 2.17. The molecule has 0 unspecified atom stereocenters. The molecule has 0 N–H and O–H groups in total. The van der Waals surface area contributed by atoms with Crippen molar-refractivity contribution in [3.8, 4) is 11.4 Å². The molecule has 0 aliphatic heterocycles. The van der Waals surface area contributed by atoms with Crippen molar-refractivity contribution in [3.05, 3.63) is 81.2 Å². The third-order valence-electron chi connectivity index (χ3n) is 3.99. The van der Waals surface area contributed by atoms with E-state index in [0.29, 0.717) is 29.5 Å². The van der Waals surface area contributed by atoms with Gasteiger partial charge in [-0.1, -0.05) is 54.1 Å². The lowest BCUT2D eigenvalue weighted by Crippen LogP contribution is -2.32. The minimum atomic E-state index is -0.151. The Bertz CT molecular complexity index is 938. The summed E-state index contributed by atoms with van der Waals surface area (Å²) in [5, 5.41) is 5.08. The summed E-state index contributed by atoms with van der Waals surface area (Å²) in [7, 11) is 3.93. The van der Waals surface area contributed by atoms with Crippen LogP contribution in [0, 0.1) is 0 Å². The molecule has 1 aromatic heterocycles. The minimum absolute atomic E-state index is 0.151. The van der Waals surface area contributed by atoms with E-state index in [0.717, 1.165) is 17.7 Å². The second kappa shape index (κ2) is 8.25. The van der Waals surface area contributed by atoms with Crippen LogP contribution < -0.4 is 5.56 Å². The van der Waals surface area contributed by atoms with Crippen molar-refractivity contribution < 1.29 is 0 Å². The van der Waals surface area contributed by atoms with Gasteiger partial charge in [-0.25, -0.2) is 9.67 Å². The summed E-state index contributed by atoms with van der Waals surface area (Å²) in [4.78, 5) is 19.4. The van der Waals surface area contributed by atoms with Crippen molar-refractivity contribution in [1.29, 1.82) is 0 Å². The third-order valence-corrected chi connectivity index (χ3v) is 4.23. The van der Waals surface area contributed by atoms with Crippen LogP contribution in [0.25, 0.3) is 11.4 Å². The van der Waals surface area contributed by atoms with Crippen molar-refractivity contribution in [2.45, 2.75) is 13.0 Å². The molecule has 0 aliphatic carbocycles. The van der Waals surface area contributed by atoms with Gasteiger partial charge in [0.1, 0.15) is 5.69 Å². The molecule has 0 amide bonds. The summed E-state index contributed by atoms with van der Waals surface area (Å²) in [6.45, 7) is 1.22. The van der Waals surface area contributed by atoms with E-state index < -0.39 is 0 Å². The predicted molar refractivity (Wildman–Crippen MR) is 105 cm³/mol. The monoisotopic (exact) mass is 368 g/mol. The maximum atomic E-state index is 12.8. The van der Waals surface area contributed by atoms with Crippen LogP contribution in [0.15, 0.2) is 59.4 Å². The van der Waals surface area contributed by atoms with Gasteiger partial charge in [0, 0.05) is 23.6 Å². The smallest absolute Gasteiger partial charge is 0.288 e. The van der Waals surface area contributed by atoms with E-state index in [1.165, 1.54) is 4.68 Å². The summed E-state index contributed by atoms with van der Waals surface area (Å²) >= 11 is 6.11. The van der Waals surface area contributed by atoms with E-state index >= 15 is 0 Å². The number of aromatic nitrogens is 3. The number of likely N-dealkylation sites (N-methyl/N-ethyl adjacent to an activating group) is 1. The van der Waals surface area contributed by atoms with Gasteiger partial charge in [0.15, 0.2) is 5.82 Å². The van der Waals surface area contributed by atoms with Gasteiger partial charge in [-0.15, -0.1) is 5.10 Å². The zero-order valence-electron chi connectivity index (χ0n) is 14.9. The Labute approximate surface area is 157 Å². The van der Waals surface area contributed by atoms with Crippen LogP contribution in [0.2, 0.25) is 5.02 Å². The van der Waals surface area contributed by atoms with Gasteiger partial charge in [-0.2, -0.15) is 0 Å². The van der Waals surface area contributed by atoms with Gasteiger partial charge in [-0.05, 0) is 31.8 Å². The maximum absolute atomic E-state index is 12.8. The van der Waals surface area contributed by atoms with Crippen LogP contribution >= 0.6 is 11.6 Å². The molecule has 0 atom stereocenters. The Hall–Kier alpha value is -2.50. The molecule has 134 valence electrons. The molecule has 6 heteroatoms. The second-order valence-electron chi connectivity index (χ2n) is 6.39. The van der Waals surface area contributed by atoms with Crippen LogP contribution in [-0.4, -0.2) is 40.3 Å². The molecule has 2 aromatic carbocycles. The molecule has 1 heterocycles. The van der Waals surface area contributed by atoms with Crippen LogP contribution in [-0.2, 0) is 13.0 Å². The van der Waals surface area contributed by atoms with E-state index in [-0.39, 0.29) is 5.56 Å². The first-order chi connectivity index (χ1) is 12.5. The van der Waals surface area contributed by atoms with Crippen molar-refractivity contribution in [1.82, 2.24) is 19.7 Å². The fourth-order valence-electron chi connectivity index (χ4n) is 2.61. The van der Waals surface area contributed by atoms with Crippen LogP contribution in [0.1, 0.15) is 11.3 Å². The molecule has 0 fully saturated rings. The van der Waals surface area contributed by atoms with Gasteiger partial charge in [0.05, 0.1) is 6.54 Å². The van der Waals surface area contributed by atoms with Crippen molar-refractivity contribution >= 4 is 11.6 Å². The van der Waals surface area contributed by atoms with Crippen molar-refractivity contribution in [2.24, 2.45) is 0 Å². The molecule has 0 bridgehead atoms. The molecule has 0 saturated heterocycles. The number of hydrogen-bond acceptors (Lipinski definition) is 4. The molecule has 0 spiro atoms. The first-order valence-electron chi connectivity index (χ1n) is 8.45. The average molecular weight is 369 g/mol. The topological polar surface area (TPSA) is 51.0 Å². The van der Waals surface area contributed by atoms with Crippen LogP contribution in [0.3, 0.4) is 0 Å². The van der Waals surface area contributed by atoms with Crippen molar-refractivity contribution in [3.63, 3.8) is 0 Å². The summed E-state index contributed by atoms with van der Waals surface area (Å²) in [6.07, 6.45) is 0.470. The SMILES string of the molecule is CN(C)CCn1nc(-c2cccc(Cl)c2)nc(Cc2ccccc2)c1=O. The van der Waals surface area contributed by atoms with Gasteiger partial charge >= 0.3 is 0 Å². The molecular weight excluding hydrogens is 348 g/mol. The fourth-order valence-corrected chi connectivity index (χ4v) is 2.80. The largest absolute Gasteiger partial charge is 0.308 e. The Morgan fingerprint density at radius 3 is 2.54 bits per heavy atom. The predicted octanol–water partition coefficient (Wildman–Crippen LogP) is 3.11. The van der Waals surface area contributed by atoms with E-state index in [9.17, 15) is 4.79 Å². The Kier molecular flexibility index (Phi) is 5.81. The molecule has 3 rings (SSSR count). The Morgan fingerprint density at radius 2 is 1.85 bits per heavy atom. The lowest BCUT2D eigenvalue weighted by atomic mass is 10.1. The highest BCUT2D eigenvalue weighted by atomic mass is 35.5. The standard InChI is InChI=1S/C20H21ClN4O/c1-24(2)11-12-25-20(26)18(13-15-7-4-3-5-8-15)22-19(23-25)16-9-6-10-17(21)14-16/h3-10,14H,11-13H2,1-2H3. The molecular formula is C20H21ClN4O. The molecule has 3 aromatic rings. The quantitative estimate of drug-likeness (QED) is 0.670. The average Bonchev–Trinajstić information content (AvgIpc) is 2.63. The molecule has 26 heavy (non-hydrogen) atoms. The highest BCUT2D eigenvalue weighted by Gasteiger charge is 2.13. The number of benzene rings is 2. The highest BCUT2D eigenvalue weighted by molar-refractivity contribution is 6.30. The summed E-state index contributed by atoms with van der Waals surface area (Å²) < 4.78 is 1.50. The summed E-state index contributed by atoms with van der Waals surface area (Å²) in [6, 6.07) is 17.2. The lowest BCUT2D eigenvalue weighted by Gasteiger charge is -2.13. The number of rotatable bonds is 6. The van der Waals surface area contributed by atoms with E-state index in [2.05, 4.69) is 10.1 Å². The van der Waals surface area contributed by atoms with Crippen LogP contribution in [0.4, 0.5) is 0 Å². The number of nitrogens with zero attached hydrogens (tertiary/aromatic N) is 4. The molecule has 5 nitrogen and oxygen atoms in total. The van der Waals surface area contributed by atoms with E-state index in [4.69, 9.17) is 11.6 Å². The van der Waals surface area contributed by atoms with E-state index in [1.807, 2.05) is 67.5 Å². The number of hydrogen-bond donors (Lipinski definition) is 0. The van der Waals surface area contributed by atoms with Crippen molar-refractivity contribution in [2.75, 3.05) is 20.6 Å². The summed E-state index contributed by atoms with van der Waals surface area (Å²) in [5.74, 6) is 0.511. The molecule has 0 radical (unpaired) electrons. The Morgan fingerprint density at radius 1 is 1.08 bits per heavy atom. The molecule has 0 aliphatic rings. The Balaban J connectivity index is 2.05. The fraction of sp³-hybridized carbons (Fsp3) is 0.250. The second-order valence-corrected chi connectivity index (χ2v) is 6.82. The third kappa shape index (κ3) is 4.56. The molecule has 0 saturated carbocycles. The first-order valence-corrected chi connectivity index (χ1v) is 8.83. The normalized spacial score (nSPS) is 11.1. The van der Waals surface area contributed by atoms with Gasteiger partial charge in [-0.3, -0.25) is 4.79 Å². The highest BCUT2D eigenvalue weighted by Crippen LogP contribution is 2.19.